The van der Waals surface area contributed by atoms with Crippen LogP contribution in [0.3, 0.4) is 0 Å². The normalized spacial score (nSPS) is 11.5. The molecule has 64 valence electrons. The Kier molecular flexibility index (Phi) is 1.45. The molecule has 0 spiro atoms. The fourth-order valence-corrected chi connectivity index (χ4v) is 3.74. The molecule has 0 bridgehead atoms. The highest BCUT2D eigenvalue weighted by molar-refractivity contribution is 7.32. The first-order valence-corrected chi connectivity index (χ1v) is 5.72. The highest BCUT2D eigenvalue weighted by Crippen LogP contribution is 2.36. The Morgan fingerprint density at radius 2 is 2.00 bits per heavy atom. The molecule has 0 unspecified atom stereocenters. The number of thiophene rings is 1. The van der Waals surface area contributed by atoms with E-state index in [0.29, 0.717) is 0 Å². The number of hydrogen-bond donors (Lipinski definition) is 0. The SMILES string of the molecule is Cc1nc2sc3ccccc3c2s1. The van der Waals surface area contributed by atoms with Gasteiger partial charge in [-0.3, -0.25) is 0 Å². The number of nitrogens with zero attached hydrogens (tertiary/aromatic N) is 1. The van der Waals surface area contributed by atoms with Crippen molar-refractivity contribution in [1.29, 1.82) is 0 Å². The largest absolute Gasteiger partial charge is 0.231 e. The van der Waals surface area contributed by atoms with E-state index in [-0.39, 0.29) is 0 Å². The molecule has 0 aliphatic heterocycles. The minimum absolute atomic E-state index is 1.16. The highest BCUT2D eigenvalue weighted by Gasteiger charge is 2.07. The molecule has 1 nitrogen and oxygen atoms in total. The van der Waals surface area contributed by atoms with E-state index in [9.17, 15) is 0 Å². The summed E-state index contributed by atoms with van der Waals surface area (Å²) in [5, 5.41) is 2.51. The number of thiazole rings is 1. The molecule has 2 heterocycles. The molecule has 0 saturated carbocycles. The average molecular weight is 205 g/mol. The first-order chi connectivity index (χ1) is 6.34. The van der Waals surface area contributed by atoms with Crippen LogP contribution in [0.4, 0.5) is 0 Å². The zero-order valence-electron chi connectivity index (χ0n) is 7.07. The summed E-state index contributed by atoms with van der Waals surface area (Å²) in [7, 11) is 0. The Labute approximate surface area is 83.7 Å². The molecule has 0 N–H and O–H groups in total. The topological polar surface area (TPSA) is 12.9 Å². The summed E-state index contributed by atoms with van der Waals surface area (Å²) < 4.78 is 2.69. The molecule has 0 amide bonds. The van der Waals surface area contributed by atoms with Crippen LogP contribution in [0.2, 0.25) is 0 Å². The maximum Gasteiger partial charge on any atom is 0.135 e. The second kappa shape index (κ2) is 2.53. The van der Waals surface area contributed by atoms with E-state index in [1.54, 1.807) is 22.7 Å². The molecule has 0 radical (unpaired) electrons. The molecule has 0 aliphatic rings. The number of aryl methyl sites for hydroxylation is 1. The number of fused-ring (bicyclic) bond motifs is 3. The van der Waals surface area contributed by atoms with Gasteiger partial charge in [-0.05, 0) is 13.0 Å². The second-order valence-electron chi connectivity index (χ2n) is 2.97. The summed E-state index contributed by atoms with van der Waals surface area (Å²) in [4.78, 5) is 5.67. The molecule has 3 aromatic rings. The molecule has 0 fully saturated rings. The molecular formula is C10H7NS2. The highest BCUT2D eigenvalue weighted by atomic mass is 32.1. The number of benzene rings is 1. The van der Waals surface area contributed by atoms with Crippen molar-refractivity contribution in [2.75, 3.05) is 0 Å². The zero-order valence-corrected chi connectivity index (χ0v) is 8.71. The molecule has 3 heteroatoms. The Hall–Kier alpha value is -0.930. The van der Waals surface area contributed by atoms with Crippen molar-refractivity contribution in [3.8, 4) is 0 Å². The third-order valence-electron chi connectivity index (χ3n) is 2.04. The predicted molar refractivity (Wildman–Crippen MR) is 59.7 cm³/mol. The van der Waals surface area contributed by atoms with Crippen molar-refractivity contribution in [3.05, 3.63) is 29.3 Å². The van der Waals surface area contributed by atoms with Crippen LogP contribution in [-0.2, 0) is 0 Å². The predicted octanol–water partition coefficient (Wildman–Crippen LogP) is 3.82. The summed E-state index contributed by atoms with van der Waals surface area (Å²) >= 11 is 3.57. The lowest BCUT2D eigenvalue weighted by atomic mass is 10.3. The van der Waals surface area contributed by atoms with Crippen LogP contribution < -0.4 is 0 Å². The monoisotopic (exact) mass is 205 g/mol. The zero-order chi connectivity index (χ0) is 8.84. The fraction of sp³-hybridized carbons (Fsp3) is 0.100. The van der Waals surface area contributed by atoms with Gasteiger partial charge >= 0.3 is 0 Å². The van der Waals surface area contributed by atoms with E-state index in [0.717, 1.165) is 5.01 Å². The quantitative estimate of drug-likeness (QED) is 0.543. The van der Waals surface area contributed by atoms with E-state index in [4.69, 9.17) is 0 Å². The summed E-state index contributed by atoms with van der Waals surface area (Å²) in [5.41, 5.74) is 0. The maximum absolute atomic E-state index is 4.49. The minimum Gasteiger partial charge on any atom is -0.231 e. The maximum atomic E-state index is 4.49. The standard InChI is InChI=1S/C10H7NS2/c1-6-11-10-9(12-6)7-4-2-3-5-8(7)13-10/h2-5H,1H3. The summed E-state index contributed by atoms with van der Waals surface area (Å²) in [6.45, 7) is 2.06. The molecule has 0 aliphatic carbocycles. The van der Waals surface area contributed by atoms with Gasteiger partial charge in [0.2, 0.25) is 0 Å². The number of aromatic nitrogens is 1. The third-order valence-corrected chi connectivity index (χ3v) is 4.24. The smallest absolute Gasteiger partial charge is 0.135 e. The Morgan fingerprint density at radius 1 is 1.15 bits per heavy atom. The van der Waals surface area contributed by atoms with Gasteiger partial charge in [-0.15, -0.1) is 22.7 Å². The molecule has 0 atom stereocenters. The lowest BCUT2D eigenvalue weighted by Gasteiger charge is -1.85. The van der Waals surface area contributed by atoms with Gasteiger partial charge in [0.1, 0.15) is 4.83 Å². The van der Waals surface area contributed by atoms with E-state index in [2.05, 4.69) is 36.2 Å². The van der Waals surface area contributed by atoms with Crippen LogP contribution in [0.15, 0.2) is 24.3 Å². The van der Waals surface area contributed by atoms with Crippen LogP contribution in [0.5, 0.6) is 0 Å². The third kappa shape index (κ3) is 1.01. The van der Waals surface area contributed by atoms with Crippen LogP contribution in [0.25, 0.3) is 19.6 Å². The van der Waals surface area contributed by atoms with Gasteiger partial charge in [0, 0.05) is 10.1 Å². The molecule has 3 rings (SSSR count). The number of hydrogen-bond acceptors (Lipinski definition) is 3. The van der Waals surface area contributed by atoms with E-state index >= 15 is 0 Å². The lowest BCUT2D eigenvalue weighted by molar-refractivity contribution is 1.36. The van der Waals surface area contributed by atoms with E-state index in [1.165, 1.54) is 19.6 Å². The van der Waals surface area contributed by atoms with Gasteiger partial charge in [-0.25, -0.2) is 4.98 Å². The van der Waals surface area contributed by atoms with E-state index in [1.807, 2.05) is 0 Å². The van der Waals surface area contributed by atoms with Crippen LogP contribution in [-0.4, -0.2) is 4.98 Å². The van der Waals surface area contributed by atoms with Crippen molar-refractivity contribution in [2.24, 2.45) is 0 Å². The van der Waals surface area contributed by atoms with Gasteiger partial charge in [0.15, 0.2) is 0 Å². The van der Waals surface area contributed by atoms with Crippen molar-refractivity contribution in [1.82, 2.24) is 4.98 Å². The first kappa shape index (κ1) is 7.47. The van der Waals surface area contributed by atoms with Crippen LogP contribution >= 0.6 is 22.7 Å². The fourth-order valence-electron chi connectivity index (χ4n) is 1.49. The van der Waals surface area contributed by atoms with Gasteiger partial charge in [0.25, 0.3) is 0 Å². The van der Waals surface area contributed by atoms with Crippen molar-refractivity contribution in [3.63, 3.8) is 0 Å². The van der Waals surface area contributed by atoms with Gasteiger partial charge < -0.3 is 0 Å². The molecular weight excluding hydrogens is 198 g/mol. The average Bonchev–Trinajstić information content (AvgIpc) is 2.60. The molecule has 13 heavy (non-hydrogen) atoms. The molecule has 2 aromatic heterocycles. The Morgan fingerprint density at radius 3 is 2.92 bits per heavy atom. The van der Waals surface area contributed by atoms with Gasteiger partial charge in [-0.2, -0.15) is 0 Å². The summed E-state index contributed by atoms with van der Waals surface area (Å²) in [5.74, 6) is 0. The van der Waals surface area contributed by atoms with Crippen molar-refractivity contribution >= 4 is 42.3 Å². The summed E-state index contributed by atoms with van der Waals surface area (Å²) in [6.07, 6.45) is 0. The van der Waals surface area contributed by atoms with Crippen LogP contribution in [0, 0.1) is 6.92 Å². The lowest BCUT2D eigenvalue weighted by Crippen LogP contribution is -1.60. The minimum atomic E-state index is 1.16. The van der Waals surface area contributed by atoms with Crippen molar-refractivity contribution in [2.45, 2.75) is 6.92 Å². The first-order valence-electron chi connectivity index (χ1n) is 4.09. The van der Waals surface area contributed by atoms with E-state index < -0.39 is 0 Å². The second-order valence-corrected chi connectivity index (χ2v) is 5.20. The van der Waals surface area contributed by atoms with Gasteiger partial charge in [-0.1, -0.05) is 18.2 Å². The van der Waals surface area contributed by atoms with Gasteiger partial charge in [0.05, 0.1) is 9.71 Å². The summed E-state index contributed by atoms with van der Waals surface area (Å²) in [6, 6.07) is 8.49. The number of rotatable bonds is 0. The molecule has 1 aromatic carbocycles. The Balaban J connectivity index is 2.60. The Bertz CT molecular complexity index is 577. The van der Waals surface area contributed by atoms with Crippen molar-refractivity contribution < 1.29 is 0 Å². The van der Waals surface area contributed by atoms with Crippen LogP contribution in [0.1, 0.15) is 5.01 Å². The molecule has 0 saturated heterocycles.